The van der Waals surface area contributed by atoms with Crippen molar-refractivity contribution in [2.24, 2.45) is 5.92 Å². The van der Waals surface area contributed by atoms with E-state index in [1.165, 1.54) is 0 Å². The highest BCUT2D eigenvalue weighted by atomic mass is 16.6. The van der Waals surface area contributed by atoms with Gasteiger partial charge in [0.1, 0.15) is 5.60 Å². The highest BCUT2D eigenvalue weighted by Gasteiger charge is 2.27. The van der Waals surface area contributed by atoms with E-state index >= 15 is 0 Å². The third-order valence-electron chi connectivity index (χ3n) is 5.22. The zero-order valence-corrected chi connectivity index (χ0v) is 21.3. The summed E-state index contributed by atoms with van der Waals surface area (Å²) in [6.07, 6.45) is 0.800. The Morgan fingerprint density at radius 3 is 2.26 bits per heavy atom. The zero-order chi connectivity index (χ0) is 25.7. The van der Waals surface area contributed by atoms with E-state index in [9.17, 15) is 9.59 Å². The molecule has 2 atom stereocenters. The minimum atomic E-state index is -0.639. The topological polar surface area (TPSA) is 94.1 Å². The summed E-state index contributed by atoms with van der Waals surface area (Å²) in [6, 6.07) is 17.9. The van der Waals surface area contributed by atoms with Gasteiger partial charge in [-0.2, -0.15) is 0 Å². The molecule has 0 aliphatic rings. The molecule has 0 unspecified atom stereocenters. The Balaban J connectivity index is 2.17. The Morgan fingerprint density at radius 1 is 1.00 bits per heavy atom. The molecule has 0 radical (unpaired) electrons. The lowest BCUT2D eigenvalue weighted by Crippen LogP contribution is -2.42. The van der Waals surface area contributed by atoms with Gasteiger partial charge in [-0.15, -0.1) is 0 Å². The maximum absolute atomic E-state index is 12.6. The van der Waals surface area contributed by atoms with Crippen molar-refractivity contribution in [3.63, 3.8) is 0 Å². The van der Waals surface area contributed by atoms with Crippen molar-refractivity contribution in [1.82, 2.24) is 5.32 Å². The van der Waals surface area contributed by atoms with E-state index in [0.717, 1.165) is 16.7 Å². The first-order valence-electron chi connectivity index (χ1n) is 12.2. The molecule has 35 heavy (non-hydrogen) atoms. The molecule has 192 valence electrons. The van der Waals surface area contributed by atoms with Crippen LogP contribution in [0.15, 0.2) is 54.6 Å². The van der Waals surface area contributed by atoms with Gasteiger partial charge in [0.2, 0.25) is 0 Å². The first kappa shape index (κ1) is 28.3. The summed E-state index contributed by atoms with van der Waals surface area (Å²) in [5.41, 5.74) is 2.62. The average molecular weight is 486 g/mol. The number of ether oxygens (including phenoxy) is 3. The molecule has 0 aromatic heterocycles. The van der Waals surface area contributed by atoms with Gasteiger partial charge in [-0.1, -0.05) is 54.6 Å². The second-order valence-corrected chi connectivity index (χ2v) is 9.45. The molecule has 0 heterocycles. The second-order valence-electron chi connectivity index (χ2n) is 9.45. The Morgan fingerprint density at radius 2 is 1.66 bits per heavy atom. The molecule has 7 heteroatoms. The maximum Gasteiger partial charge on any atom is 0.407 e. The fraction of sp³-hybridized carbons (Fsp3) is 0.500. The van der Waals surface area contributed by atoms with Gasteiger partial charge < -0.3 is 24.6 Å². The summed E-state index contributed by atoms with van der Waals surface area (Å²) in [5, 5.41) is 11.9. The van der Waals surface area contributed by atoms with Crippen molar-refractivity contribution < 1.29 is 28.9 Å². The van der Waals surface area contributed by atoms with Crippen molar-refractivity contribution in [3.8, 4) is 11.1 Å². The first-order valence-corrected chi connectivity index (χ1v) is 12.2. The number of amides is 1. The monoisotopic (exact) mass is 485 g/mol. The van der Waals surface area contributed by atoms with Crippen molar-refractivity contribution in [3.05, 3.63) is 60.2 Å². The largest absolute Gasteiger partial charge is 0.466 e. The van der Waals surface area contributed by atoms with Gasteiger partial charge in [0.15, 0.2) is 0 Å². The SMILES string of the molecule is CCOC(=O)[C@H](COCCCO)C[C@@H](Cc1ccc(-c2ccccc2)cc1)NC(=O)OC(C)(C)C. The van der Waals surface area contributed by atoms with Crippen molar-refractivity contribution >= 4 is 12.1 Å². The van der Waals surface area contributed by atoms with Crippen molar-refractivity contribution in [1.29, 1.82) is 0 Å². The molecule has 0 fully saturated rings. The number of carbonyl (C=O) groups is 2. The van der Waals surface area contributed by atoms with Crippen LogP contribution in [0.4, 0.5) is 4.79 Å². The molecular formula is C28H39NO6. The van der Waals surface area contributed by atoms with Gasteiger partial charge in [0, 0.05) is 19.3 Å². The van der Waals surface area contributed by atoms with Gasteiger partial charge in [0.25, 0.3) is 0 Å². The molecule has 2 aromatic carbocycles. The number of aliphatic hydroxyl groups excluding tert-OH is 1. The average Bonchev–Trinajstić information content (AvgIpc) is 2.81. The molecule has 2 N–H and O–H groups in total. The van der Waals surface area contributed by atoms with Gasteiger partial charge in [-0.25, -0.2) is 4.79 Å². The maximum atomic E-state index is 12.6. The van der Waals surface area contributed by atoms with Gasteiger partial charge in [0.05, 0.1) is 19.1 Å². The third kappa shape index (κ3) is 10.9. The number of aliphatic hydroxyl groups is 1. The van der Waals surface area contributed by atoms with Crippen LogP contribution in [-0.4, -0.2) is 55.2 Å². The summed E-state index contributed by atoms with van der Waals surface area (Å²) in [5.74, 6) is -0.927. The molecule has 0 bridgehead atoms. The smallest absolute Gasteiger partial charge is 0.407 e. The number of esters is 1. The number of benzene rings is 2. The Hall–Kier alpha value is -2.90. The molecule has 0 saturated heterocycles. The number of hydrogen-bond donors (Lipinski definition) is 2. The van der Waals surface area contributed by atoms with E-state index in [0.29, 0.717) is 25.9 Å². The van der Waals surface area contributed by atoms with E-state index < -0.39 is 17.6 Å². The van der Waals surface area contributed by atoms with Crippen LogP contribution in [-0.2, 0) is 25.4 Å². The number of hydrogen-bond acceptors (Lipinski definition) is 6. The standard InChI is InChI=1S/C28H39NO6/c1-5-34-26(31)24(20-33-17-9-16-30)19-25(29-27(32)35-28(2,3)4)18-21-12-14-23(15-13-21)22-10-7-6-8-11-22/h6-8,10-15,24-25,30H,5,9,16-20H2,1-4H3,(H,29,32)/t24-,25+/m0/s1. The van der Waals surface area contributed by atoms with E-state index in [4.69, 9.17) is 19.3 Å². The number of alkyl carbamates (subject to hydrolysis) is 1. The van der Waals surface area contributed by atoms with Crippen molar-refractivity contribution in [2.75, 3.05) is 26.4 Å². The molecule has 2 rings (SSSR count). The molecule has 1 amide bonds. The molecule has 7 nitrogen and oxygen atoms in total. The molecule has 0 aliphatic carbocycles. The van der Waals surface area contributed by atoms with Crippen LogP contribution in [0.3, 0.4) is 0 Å². The second kappa shape index (κ2) is 14.5. The summed E-state index contributed by atoms with van der Waals surface area (Å²) in [4.78, 5) is 25.2. The number of carbonyl (C=O) groups excluding carboxylic acids is 2. The predicted octanol–water partition coefficient (Wildman–Crippen LogP) is 4.76. The van der Waals surface area contributed by atoms with Crippen LogP contribution < -0.4 is 5.32 Å². The Kier molecular flexibility index (Phi) is 11.7. The van der Waals surface area contributed by atoms with Crippen LogP contribution in [0.5, 0.6) is 0 Å². The van der Waals surface area contributed by atoms with E-state index in [-0.39, 0.29) is 31.8 Å². The lowest BCUT2D eigenvalue weighted by atomic mass is 9.94. The van der Waals surface area contributed by atoms with Crippen LogP contribution in [0.25, 0.3) is 11.1 Å². The minimum Gasteiger partial charge on any atom is -0.466 e. The highest BCUT2D eigenvalue weighted by molar-refractivity contribution is 5.73. The van der Waals surface area contributed by atoms with Gasteiger partial charge >= 0.3 is 12.1 Å². The molecule has 2 aromatic rings. The summed E-state index contributed by atoms with van der Waals surface area (Å²) in [6.45, 7) is 7.95. The minimum absolute atomic E-state index is 0.0197. The third-order valence-corrected chi connectivity index (χ3v) is 5.22. The lowest BCUT2D eigenvalue weighted by Gasteiger charge is -2.26. The Bertz CT molecular complexity index is 892. The molecule has 0 aliphatic heterocycles. The fourth-order valence-electron chi connectivity index (χ4n) is 3.64. The first-order chi connectivity index (χ1) is 16.7. The van der Waals surface area contributed by atoms with Gasteiger partial charge in [-0.3, -0.25) is 4.79 Å². The molecule has 0 saturated carbocycles. The van der Waals surface area contributed by atoms with Crippen LogP contribution in [0.1, 0.15) is 46.1 Å². The fourth-order valence-corrected chi connectivity index (χ4v) is 3.64. The van der Waals surface area contributed by atoms with Crippen molar-refractivity contribution in [2.45, 2.75) is 58.6 Å². The van der Waals surface area contributed by atoms with Gasteiger partial charge in [-0.05, 0) is 63.6 Å². The summed E-state index contributed by atoms with van der Waals surface area (Å²) >= 11 is 0. The van der Waals surface area contributed by atoms with Crippen LogP contribution >= 0.6 is 0 Å². The van der Waals surface area contributed by atoms with E-state index in [2.05, 4.69) is 29.6 Å². The normalized spacial score (nSPS) is 13.1. The zero-order valence-electron chi connectivity index (χ0n) is 21.3. The molecule has 0 spiro atoms. The number of nitrogens with one attached hydrogen (secondary N) is 1. The summed E-state index contributed by atoms with van der Waals surface area (Å²) < 4.78 is 16.3. The lowest BCUT2D eigenvalue weighted by molar-refractivity contribution is -0.150. The molecular weight excluding hydrogens is 446 g/mol. The predicted molar refractivity (Wildman–Crippen MR) is 136 cm³/mol. The highest BCUT2D eigenvalue weighted by Crippen LogP contribution is 2.21. The van der Waals surface area contributed by atoms with E-state index in [1.54, 1.807) is 27.7 Å². The van der Waals surface area contributed by atoms with Crippen LogP contribution in [0.2, 0.25) is 0 Å². The quantitative estimate of drug-likeness (QED) is 0.314. The number of rotatable bonds is 13. The van der Waals surface area contributed by atoms with Crippen LogP contribution in [0, 0.1) is 5.92 Å². The van der Waals surface area contributed by atoms with E-state index in [1.807, 2.05) is 30.3 Å². The Labute approximate surface area is 208 Å². The summed E-state index contributed by atoms with van der Waals surface area (Å²) in [7, 11) is 0.